The van der Waals surface area contributed by atoms with E-state index in [-0.39, 0.29) is 0 Å². The van der Waals surface area contributed by atoms with E-state index >= 15 is 0 Å². The van der Waals surface area contributed by atoms with E-state index in [0.717, 1.165) is 11.3 Å². The number of hydrazone groups is 2. The Balaban J connectivity index is 2.16. The average molecular weight is 206 g/mol. The minimum atomic E-state index is 0.843. The molecule has 0 saturated heterocycles. The van der Waals surface area contributed by atoms with Crippen LogP contribution in [0.25, 0.3) is 0 Å². The molecule has 0 atom stereocenters. The molecular formula is C9H10N4S. The van der Waals surface area contributed by atoms with Crippen molar-refractivity contribution in [3.63, 3.8) is 0 Å². The smallest absolute Gasteiger partial charge is 0.112 e. The molecule has 0 amide bonds. The Morgan fingerprint density at radius 1 is 1.29 bits per heavy atom. The SMILES string of the molecule is CSN1N=CC(c2ccccc2)=NN1. The van der Waals surface area contributed by atoms with Gasteiger partial charge in [-0.1, -0.05) is 30.3 Å². The van der Waals surface area contributed by atoms with Gasteiger partial charge in [-0.05, 0) is 11.9 Å². The zero-order valence-corrected chi connectivity index (χ0v) is 8.53. The van der Waals surface area contributed by atoms with Crippen LogP contribution in [0.5, 0.6) is 0 Å². The van der Waals surface area contributed by atoms with Crippen LogP contribution in [0.4, 0.5) is 0 Å². The summed E-state index contributed by atoms with van der Waals surface area (Å²) in [4.78, 5) is 0. The zero-order valence-electron chi connectivity index (χ0n) is 7.71. The van der Waals surface area contributed by atoms with Gasteiger partial charge in [0.15, 0.2) is 0 Å². The molecule has 1 aliphatic heterocycles. The van der Waals surface area contributed by atoms with E-state index in [1.165, 1.54) is 11.9 Å². The lowest BCUT2D eigenvalue weighted by Gasteiger charge is -2.17. The molecule has 0 radical (unpaired) electrons. The standard InChI is InChI=1S/C9H10N4S/c1-14-13-10-7-9(11-12-13)8-5-3-2-4-6-8/h2-7,12H,1H3. The molecule has 72 valence electrons. The summed E-state index contributed by atoms with van der Waals surface area (Å²) in [5.74, 6) is 0. The highest BCUT2D eigenvalue weighted by Gasteiger charge is 2.06. The Morgan fingerprint density at radius 3 is 2.64 bits per heavy atom. The van der Waals surface area contributed by atoms with Crippen LogP contribution in [0.3, 0.4) is 0 Å². The molecular weight excluding hydrogens is 196 g/mol. The summed E-state index contributed by atoms with van der Waals surface area (Å²) in [6.07, 6.45) is 3.66. The molecule has 0 unspecified atom stereocenters. The van der Waals surface area contributed by atoms with Crippen molar-refractivity contribution in [2.45, 2.75) is 0 Å². The summed E-state index contributed by atoms with van der Waals surface area (Å²) in [6, 6.07) is 9.94. The summed E-state index contributed by atoms with van der Waals surface area (Å²) in [5.41, 5.74) is 4.71. The Hall–Kier alpha value is -1.49. The van der Waals surface area contributed by atoms with Gasteiger partial charge in [-0.3, -0.25) is 0 Å². The third-order valence-electron chi connectivity index (χ3n) is 1.78. The van der Waals surface area contributed by atoms with Crippen molar-refractivity contribution in [2.75, 3.05) is 6.26 Å². The third kappa shape index (κ3) is 1.88. The first kappa shape index (κ1) is 9.08. The molecule has 0 aliphatic carbocycles. The summed E-state index contributed by atoms with van der Waals surface area (Å²) < 4.78 is 1.59. The predicted molar refractivity (Wildman–Crippen MR) is 60.0 cm³/mol. The topological polar surface area (TPSA) is 40.0 Å². The molecule has 0 fully saturated rings. The van der Waals surface area contributed by atoms with Crippen LogP contribution in [0.1, 0.15) is 5.56 Å². The lowest BCUT2D eigenvalue weighted by molar-refractivity contribution is 0.380. The summed E-state index contributed by atoms with van der Waals surface area (Å²) >= 11 is 1.46. The van der Waals surface area contributed by atoms with Gasteiger partial charge in [0.25, 0.3) is 0 Å². The Kier molecular flexibility index (Phi) is 2.69. The van der Waals surface area contributed by atoms with Crippen LogP contribution in [0, 0.1) is 0 Å². The second kappa shape index (κ2) is 4.15. The van der Waals surface area contributed by atoms with Crippen molar-refractivity contribution in [1.29, 1.82) is 0 Å². The van der Waals surface area contributed by atoms with Gasteiger partial charge in [-0.2, -0.15) is 15.7 Å². The predicted octanol–water partition coefficient (Wildman–Crippen LogP) is 1.47. The monoisotopic (exact) mass is 206 g/mol. The highest BCUT2D eigenvalue weighted by Crippen LogP contribution is 2.06. The van der Waals surface area contributed by atoms with Crippen molar-refractivity contribution in [1.82, 2.24) is 10.1 Å². The largest absolute Gasteiger partial charge is 0.191 e. The molecule has 0 saturated carbocycles. The van der Waals surface area contributed by atoms with E-state index in [9.17, 15) is 0 Å². The fraction of sp³-hybridized carbons (Fsp3) is 0.111. The molecule has 0 aromatic heterocycles. The second-order valence-corrected chi connectivity index (χ2v) is 3.37. The summed E-state index contributed by atoms with van der Waals surface area (Å²) in [5, 5.41) is 8.31. The van der Waals surface area contributed by atoms with E-state index < -0.39 is 0 Å². The number of benzene rings is 1. The van der Waals surface area contributed by atoms with Crippen LogP contribution in [0.15, 0.2) is 40.5 Å². The molecule has 1 aromatic carbocycles. The fourth-order valence-electron chi connectivity index (χ4n) is 1.09. The van der Waals surface area contributed by atoms with E-state index in [4.69, 9.17) is 0 Å². The van der Waals surface area contributed by atoms with E-state index in [1.807, 2.05) is 36.6 Å². The number of nitrogens with one attached hydrogen (secondary N) is 1. The van der Waals surface area contributed by atoms with Crippen LogP contribution >= 0.6 is 11.9 Å². The first-order chi connectivity index (χ1) is 6.90. The van der Waals surface area contributed by atoms with Gasteiger partial charge in [0.1, 0.15) is 5.71 Å². The number of rotatable bonds is 2. The zero-order chi connectivity index (χ0) is 9.80. The molecule has 5 heteroatoms. The molecule has 0 spiro atoms. The molecule has 14 heavy (non-hydrogen) atoms. The van der Waals surface area contributed by atoms with E-state index in [2.05, 4.69) is 15.7 Å². The maximum absolute atomic E-state index is 4.17. The van der Waals surface area contributed by atoms with Crippen molar-refractivity contribution in [3.8, 4) is 0 Å². The molecule has 1 aromatic rings. The maximum atomic E-state index is 4.17. The highest BCUT2D eigenvalue weighted by molar-refractivity contribution is 7.96. The minimum absolute atomic E-state index is 0.843. The van der Waals surface area contributed by atoms with Gasteiger partial charge in [-0.25, -0.2) is 0 Å². The Morgan fingerprint density at radius 2 is 2.07 bits per heavy atom. The molecule has 2 rings (SSSR count). The molecule has 1 heterocycles. The van der Waals surface area contributed by atoms with Crippen LogP contribution in [0.2, 0.25) is 0 Å². The molecule has 1 N–H and O–H groups in total. The van der Waals surface area contributed by atoms with Gasteiger partial charge in [0, 0.05) is 11.8 Å². The van der Waals surface area contributed by atoms with Gasteiger partial charge in [0.2, 0.25) is 0 Å². The van der Waals surface area contributed by atoms with Crippen molar-refractivity contribution < 1.29 is 0 Å². The van der Waals surface area contributed by atoms with Gasteiger partial charge < -0.3 is 0 Å². The first-order valence-electron chi connectivity index (χ1n) is 4.17. The van der Waals surface area contributed by atoms with Crippen LogP contribution < -0.4 is 5.53 Å². The number of nitrogens with zero attached hydrogens (tertiary/aromatic N) is 3. The van der Waals surface area contributed by atoms with Crippen molar-refractivity contribution >= 4 is 23.9 Å². The lowest BCUT2D eigenvalue weighted by atomic mass is 10.1. The van der Waals surface area contributed by atoms with Crippen molar-refractivity contribution in [2.24, 2.45) is 10.2 Å². The fourth-order valence-corrected chi connectivity index (χ4v) is 1.36. The van der Waals surface area contributed by atoms with Gasteiger partial charge in [0.05, 0.1) is 6.21 Å². The summed E-state index contributed by atoms with van der Waals surface area (Å²) in [6.45, 7) is 0. The Bertz CT molecular complexity index is 360. The highest BCUT2D eigenvalue weighted by atomic mass is 32.2. The van der Waals surface area contributed by atoms with E-state index in [0.29, 0.717) is 0 Å². The Labute approximate surface area is 86.8 Å². The normalized spacial score (nSPS) is 14.9. The number of hydrogen-bond donors (Lipinski definition) is 1. The lowest BCUT2D eigenvalue weighted by Crippen LogP contribution is -2.29. The molecule has 0 bridgehead atoms. The minimum Gasteiger partial charge on any atom is -0.191 e. The summed E-state index contributed by atoms with van der Waals surface area (Å²) in [7, 11) is 0. The maximum Gasteiger partial charge on any atom is 0.112 e. The average Bonchev–Trinajstić information content (AvgIpc) is 2.30. The first-order valence-corrected chi connectivity index (χ1v) is 5.35. The van der Waals surface area contributed by atoms with Gasteiger partial charge >= 0.3 is 0 Å². The van der Waals surface area contributed by atoms with Crippen LogP contribution in [-0.4, -0.2) is 22.7 Å². The third-order valence-corrected chi connectivity index (χ3v) is 2.31. The number of hydrogen-bond acceptors (Lipinski definition) is 5. The van der Waals surface area contributed by atoms with Crippen LogP contribution in [-0.2, 0) is 0 Å². The second-order valence-electron chi connectivity index (χ2n) is 2.66. The molecule has 4 nitrogen and oxygen atoms in total. The number of hydrazine groups is 1. The quantitative estimate of drug-likeness (QED) is 0.745. The van der Waals surface area contributed by atoms with Crippen molar-refractivity contribution in [3.05, 3.63) is 35.9 Å². The van der Waals surface area contributed by atoms with E-state index in [1.54, 1.807) is 10.7 Å². The van der Waals surface area contributed by atoms with Gasteiger partial charge in [-0.15, -0.1) is 4.52 Å². The molecule has 1 aliphatic rings.